The fraction of sp³-hybridized carbons (Fsp3) is 0.714. The molecule has 2 aliphatic rings. The fourth-order valence-corrected chi connectivity index (χ4v) is 2.42. The Morgan fingerprint density at radius 1 is 1.44 bits per heavy atom. The smallest absolute Gasteiger partial charge is 0.0712 e. The summed E-state index contributed by atoms with van der Waals surface area (Å²) in [6, 6.07) is 0. The maximum Gasteiger partial charge on any atom is 0.0712 e. The molecular formula is C7H8Cl2. The Balaban J connectivity index is 2.29. The van der Waals surface area contributed by atoms with Crippen LogP contribution < -0.4 is 0 Å². The lowest BCUT2D eigenvalue weighted by Gasteiger charge is -2.14. The highest BCUT2D eigenvalue weighted by Gasteiger charge is 2.40. The van der Waals surface area contributed by atoms with E-state index in [2.05, 4.69) is 6.08 Å². The lowest BCUT2D eigenvalue weighted by molar-refractivity contribution is 0.586. The Hall–Kier alpha value is 0.320. The van der Waals surface area contributed by atoms with Crippen LogP contribution in [-0.2, 0) is 0 Å². The predicted octanol–water partition coefficient (Wildman–Crippen LogP) is 2.55. The van der Waals surface area contributed by atoms with Gasteiger partial charge in [-0.15, -0.1) is 23.2 Å². The fourth-order valence-electron chi connectivity index (χ4n) is 1.68. The van der Waals surface area contributed by atoms with Crippen LogP contribution >= 0.6 is 23.2 Å². The molecule has 2 heteroatoms. The number of alkyl halides is 2. The van der Waals surface area contributed by atoms with Crippen LogP contribution in [0.25, 0.3) is 0 Å². The number of halogens is 2. The van der Waals surface area contributed by atoms with Crippen LogP contribution in [0.1, 0.15) is 12.8 Å². The van der Waals surface area contributed by atoms with Gasteiger partial charge in [-0.3, -0.25) is 0 Å². The van der Waals surface area contributed by atoms with E-state index in [1.165, 1.54) is 5.57 Å². The van der Waals surface area contributed by atoms with E-state index in [9.17, 15) is 0 Å². The van der Waals surface area contributed by atoms with Crippen LogP contribution in [0.2, 0.25) is 0 Å². The molecule has 50 valence electrons. The summed E-state index contributed by atoms with van der Waals surface area (Å²) >= 11 is 11.9. The van der Waals surface area contributed by atoms with Crippen molar-refractivity contribution in [1.82, 2.24) is 0 Å². The van der Waals surface area contributed by atoms with E-state index in [1.807, 2.05) is 0 Å². The highest BCUT2D eigenvalue weighted by molar-refractivity contribution is 6.32. The van der Waals surface area contributed by atoms with Gasteiger partial charge in [-0.1, -0.05) is 11.6 Å². The first-order valence-corrected chi connectivity index (χ1v) is 4.13. The molecule has 0 amide bonds. The maximum atomic E-state index is 5.99. The quantitative estimate of drug-likeness (QED) is 0.380. The lowest BCUT2D eigenvalue weighted by atomic mass is 10.1. The second-order valence-corrected chi connectivity index (χ2v) is 3.80. The number of allylic oxidation sites excluding steroid dienone is 2. The zero-order valence-corrected chi connectivity index (χ0v) is 6.49. The molecule has 0 aliphatic heterocycles. The third-order valence-electron chi connectivity index (χ3n) is 2.26. The third-order valence-corrected chi connectivity index (χ3v) is 3.55. The van der Waals surface area contributed by atoms with Gasteiger partial charge >= 0.3 is 0 Å². The van der Waals surface area contributed by atoms with Crippen molar-refractivity contribution in [3.63, 3.8) is 0 Å². The Labute approximate surface area is 64.8 Å². The molecule has 3 unspecified atom stereocenters. The van der Waals surface area contributed by atoms with Crippen LogP contribution in [0.5, 0.6) is 0 Å². The van der Waals surface area contributed by atoms with Gasteiger partial charge in [0.1, 0.15) is 0 Å². The van der Waals surface area contributed by atoms with Gasteiger partial charge in [-0.05, 0) is 18.8 Å². The van der Waals surface area contributed by atoms with Crippen molar-refractivity contribution in [2.45, 2.75) is 23.6 Å². The molecule has 0 saturated heterocycles. The average molecular weight is 163 g/mol. The first kappa shape index (κ1) is 6.06. The molecule has 1 saturated carbocycles. The zero-order valence-electron chi connectivity index (χ0n) is 4.98. The van der Waals surface area contributed by atoms with Crippen molar-refractivity contribution in [2.75, 3.05) is 0 Å². The molecule has 0 heterocycles. The van der Waals surface area contributed by atoms with Gasteiger partial charge in [0.2, 0.25) is 0 Å². The summed E-state index contributed by atoms with van der Waals surface area (Å²) in [6.45, 7) is 0. The molecule has 0 aromatic rings. The van der Waals surface area contributed by atoms with Gasteiger partial charge in [-0.25, -0.2) is 0 Å². The molecule has 2 rings (SSSR count). The van der Waals surface area contributed by atoms with E-state index in [-0.39, 0.29) is 10.8 Å². The molecule has 2 bridgehead atoms. The molecule has 0 N–H and O–H groups in total. The van der Waals surface area contributed by atoms with E-state index in [0.717, 1.165) is 12.8 Å². The molecule has 0 spiro atoms. The van der Waals surface area contributed by atoms with E-state index < -0.39 is 0 Å². The van der Waals surface area contributed by atoms with Gasteiger partial charge in [0.05, 0.1) is 10.8 Å². The number of hydrogen-bond donors (Lipinski definition) is 0. The summed E-state index contributed by atoms with van der Waals surface area (Å²) < 4.78 is 0. The van der Waals surface area contributed by atoms with Gasteiger partial charge in [0.15, 0.2) is 0 Å². The largest absolute Gasteiger partial charge is 0.121 e. The molecule has 3 atom stereocenters. The predicted molar refractivity (Wildman–Crippen MR) is 40.1 cm³/mol. The molecular weight excluding hydrogens is 155 g/mol. The Morgan fingerprint density at radius 2 is 2.22 bits per heavy atom. The van der Waals surface area contributed by atoms with Crippen molar-refractivity contribution in [2.24, 2.45) is 5.92 Å². The van der Waals surface area contributed by atoms with Crippen molar-refractivity contribution >= 4 is 23.2 Å². The highest BCUT2D eigenvalue weighted by Crippen LogP contribution is 2.45. The number of hydrogen-bond acceptors (Lipinski definition) is 0. The van der Waals surface area contributed by atoms with E-state index >= 15 is 0 Å². The Morgan fingerprint density at radius 3 is 2.56 bits per heavy atom. The Kier molecular flexibility index (Phi) is 1.28. The van der Waals surface area contributed by atoms with Crippen LogP contribution in [0, 0.1) is 5.92 Å². The van der Waals surface area contributed by atoms with Gasteiger partial charge in [-0.2, -0.15) is 0 Å². The van der Waals surface area contributed by atoms with Crippen LogP contribution in [-0.4, -0.2) is 10.8 Å². The molecule has 0 radical (unpaired) electrons. The van der Waals surface area contributed by atoms with E-state index in [1.54, 1.807) is 0 Å². The molecule has 9 heavy (non-hydrogen) atoms. The van der Waals surface area contributed by atoms with Crippen LogP contribution in [0.3, 0.4) is 0 Å². The topological polar surface area (TPSA) is 0 Å². The number of fused-ring (bicyclic) bond motifs is 2. The van der Waals surface area contributed by atoms with Crippen LogP contribution in [0.4, 0.5) is 0 Å². The van der Waals surface area contributed by atoms with Gasteiger partial charge in [0, 0.05) is 0 Å². The minimum atomic E-state index is 0.144. The number of rotatable bonds is 0. The SMILES string of the molecule is ClC1C2=CCC(C2)C1Cl. The van der Waals surface area contributed by atoms with Crippen molar-refractivity contribution in [3.05, 3.63) is 11.6 Å². The minimum absolute atomic E-state index is 0.144. The summed E-state index contributed by atoms with van der Waals surface area (Å²) in [7, 11) is 0. The highest BCUT2D eigenvalue weighted by atomic mass is 35.5. The molecule has 0 nitrogen and oxygen atoms in total. The normalized spacial score (nSPS) is 47.8. The summed E-state index contributed by atoms with van der Waals surface area (Å²) in [5.74, 6) is 0.657. The van der Waals surface area contributed by atoms with Crippen molar-refractivity contribution in [3.8, 4) is 0 Å². The van der Waals surface area contributed by atoms with Crippen LogP contribution in [0.15, 0.2) is 11.6 Å². The summed E-state index contributed by atoms with van der Waals surface area (Å²) in [5.41, 5.74) is 1.38. The third kappa shape index (κ3) is 0.731. The molecule has 0 aromatic carbocycles. The first-order chi connectivity index (χ1) is 4.29. The second kappa shape index (κ2) is 1.90. The van der Waals surface area contributed by atoms with E-state index in [4.69, 9.17) is 23.2 Å². The first-order valence-electron chi connectivity index (χ1n) is 3.26. The molecule has 1 fully saturated rings. The summed E-state index contributed by atoms with van der Waals surface area (Å²) in [6.07, 6.45) is 4.55. The van der Waals surface area contributed by atoms with Gasteiger partial charge < -0.3 is 0 Å². The standard InChI is InChI=1S/C7H8Cl2/c8-6-4-1-2-5(3-4)7(6)9/h1,5-7H,2-3H2. The summed E-state index contributed by atoms with van der Waals surface area (Å²) in [5, 5.41) is 0.358. The lowest BCUT2D eigenvalue weighted by Crippen LogP contribution is -2.17. The second-order valence-electron chi connectivity index (χ2n) is 2.83. The Bertz CT molecular complexity index is 162. The van der Waals surface area contributed by atoms with E-state index in [0.29, 0.717) is 5.92 Å². The molecule has 2 aliphatic carbocycles. The average Bonchev–Trinajstić information content (AvgIpc) is 2.37. The zero-order chi connectivity index (χ0) is 6.43. The monoisotopic (exact) mass is 162 g/mol. The summed E-state index contributed by atoms with van der Waals surface area (Å²) in [4.78, 5) is 0. The molecule has 0 aromatic heterocycles. The van der Waals surface area contributed by atoms with Gasteiger partial charge in [0.25, 0.3) is 0 Å². The maximum absolute atomic E-state index is 5.99. The minimum Gasteiger partial charge on any atom is -0.121 e. The van der Waals surface area contributed by atoms with Crippen molar-refractivity contribution in [1.29, 1.82) is 0 Å². The van der Waals surface area contributed by atoms with Crippen molar-refractivity contribution < 1.29 is 0 Å².